The van der Waals surface area contributed by atoms with E-state index in [9.17, 15) is 4.79 Å². The molecule has 5 heteroatoms. The summed E-state index contributed by atoms with van der Waals surface area (Å²) < 4.78 is 0. The Hall–Kier alpha value is -1.88. The third-order valence-corrected chi connectivity index (χ3v) is 4.73. The number of rotatable bonds is 5. The molecule has 1 amide bonds. The molecule has 1 aliphatic heterocycles. The van der Waals surface area contributed by atoms with Gasteiger partial charge in [0, 0.05) is 37.7 Å². The molecule has 0 aliphatic carbocycles. The van der Waals surface area contributed by atoms with Gasteiger partial charge in [0.15, 0.2) is 0 Å². The Kier molecular flexibility index (Phi) is 5.51. The second-order valence-corrected chi connectivity index (χ2v) is 6.59. The van der Waals surface area contributed by atoms with Gasteiger partial charge in [0.05, 0.1) is 0 Å². The molecule has 1 atom stereocenters. The number of nitrogens with two attached hydrogens (primary N) is 1. The number of amides is 1. The van der Waals surface area contributed by atoms with E-state index in [1.807, 2.05) is 42.5 Å². The van der Waals surface area contributed by atoms with Crippen molar-refractivity contribution in [2.24, 2.45) is 5.73 Å². The van der Waals surface area contributed by atoms with Crippen LogP contribution in [0, 0.1) is 0 Å². The Morgan fingerprint density at radius 2 is 1.62 bits per heavy atom. The highest BCUT2D eigenvalue weighted by atomic mass is 35.5. The van der Waals surface area contributed by atoms with E-state index in [1.54, 1.807) is 0 Å². The summed E-state index contributed by atoms with van der Waals surface area (Å²) in [5.41, 5.74) is 7.89. The first-order valence-electron chi connectivity index (χ1n) is 8.18. The number of halogens is 1. The number of benzene rings is 2. The molecule has 2 aromatic rings. The van der Waals surface area contributed by atoms with Crippen LogP contribution in [0.1, 0.15) is 17.2 Å². The van der Waals surface area contributed by atoms with Crippen molar-refractivity contribution in [2.45, 2.75) is 12.6 Å². The van der Waals surface area contributed by atoms with Gasteiger partial charge < -0.3 is 5.73 Å². The zero-order valence-electron chi connectivity index (χ0n) is 13.6. The van der Waals surface area contributed by atoms with Crippen LogP contribution in [0.25, 0.3) is 0 Å². The van der Waals surface area contributed by atoms with E-state index >= 15 is 0 Å². The smallest absolute Gasteiger partial charge is 0.239 e. The first-order valence-corrected chi connectivity index (χ1v) is 8.56. The number of carbonyl (C=O) groups is 1. The van der Waals surface area contributed by atoms with E-state index in [-0.39, 0.29) is 11.9 Å². The Morgan fingerprint density at radius 1 is 1.00 bits per heavy atom. The van der Waals surface area contributed by atoms with E-state index in [1.165, 1.54) is 5.56 Å². The van der Waals surface area contributed by atoms with E-state index in [0.29, 0.717) is 0 Å². The van der Waals surface area contributed by atoms with Crippen LogP contribution < -0.4 is 5.73 Å². The minimum atomic E-state index is -0.344. The average Bonchev–Trinajstić information content (AvgIpc) is 2.59. The summed E-state index contributed by atoms with van der Waals surface area (Å²) >= 11 is 5.93. The topological polar surface area (TPSA) is 49.6 Å². The van der Waals surface area contributed by atoms with Gasteiger partial charge in [-0.25, -0.2) is 0 Å². The predicted octanol–water partition coefficient (Wildman–Crippen LogP) is 2.68. The zero-order valence-corrected chi connectivity index (χ0v) is 14.3. The predicted molar refractivity (Wildman–Crippen MR) is 96.7 cm³/mol. The van der Waals surface area contributed by atoms with Crippen molar-refractivity contribution in [1.82, 2.24) is 9.80 Å². The lowest BCUT2D eigenvalue weighted by molar-refractivity contribution is -0.124. The lowest BCUT2D eigenvalue weighted by atomic mass is 10.0. The van der Waals surface area contributed by atoms with Gasteiger partial charge in [0.1, 0.15) is 6.04 Å². The van der Waals surface area contributed by atoms with Crippen LogP contribution in [0.15, 0.2) is 54.6 Å². The summed E-state index contributed by atoms with van der Waals surface area (Å²) in [6, 6.07) is 17.4. The summed E-state index contributed by atoms with van der Waals surface area (Å²) in [5, 5.41) is 0.760. The molecule has 24 heavy (non-hydrogen) atoms. The second kappa shape index (κ2) is 7.79. The summed E-state index contributed by atoms with van der Waals surface area (Å²) in [6.07, 6.45) is 0. The molecule has 0 saturated carbocycles. The molecular formula is C19H22ClN3O. The van der Waals surface area contributed by atoms with Crippen LogP contribution in [0.2, 0.25) is 5.02 Å². The maximum atomic E-state index is 12.0. The Balaban J connectivity index is 1.61. The lowest BCUT2D eigenvalue weighted by Gasteiger charge is -2.38. The Bertz CT molecular complexity index is 667. The molecule has 1 fully saturated rings. The van der Waals surface area contributed by atoms with Crippen LogP contribution in [-0.2, 0) is 11.3 Å². The molecule has 1 heterocycles. The normalized spacial score (nSPS) is 17.5. The average molecular weight is 344 g/mol. The maximum Gasteiger partial charge on any atom is 0.239 e. The summed E-state index contributed by atoms with van der Waals surface area (Å²) in [6.45, 7) is 4.39. The monoisotopic (exact) mass is 343 g/mol. The van der Waals surface area contributed by atoms with Gasteiger partial charge >= 0.3 is 0 Å². The SMILES string of the molecule is NC(=O)C(c1ccccc1)N1CCN(Cc2ccc(Cl)cc2)CC1. The van der Waals surface area contributed by atoms with Gasteiger partial charge in [-0.3, -0.25) is 14.6 Å². The minimum absolute atomic E-state index is 0.285. The van der Waals surface area contributed by atoms with Gasteiger partial charge in [-0.1, -0.05) is 54.1 Å². The van der Waals surface area contributed by atoms with Crippen LogP contribution in [0.3, 0.4) is 0 Å². The largest absolute Gasteiger partial charge is 0.368 e. The number of carbonyl (C=O) groups excluding carboxylic acids is 1. The second-order valence-electron chi connectivity index (χ2n) is 6.15. The number of hydrogen-bond donors (Lipinski definition) is 1. The van der Waals surface area contributed by atoms with E-state index in [4.69, 9.17) is 17.3 Å². The Morgan fingerprint density at radius 3 is 2.21 bits per heavy atom. The highest BCUT2D eigenvalue weighted by Crippen LogP contribution is 2.22. The van der Waals surface area contributed by atoms with Gasteiger partial charge in [0.2, 0.25) is 5.91 Å². The minimum Gasteiger partial charge on any atom is -0.368 e. The molecule has 0 bridgehead atoms. The van der Waals surface area contributed by atoms with Crippen LogP contribution in [0.4, 0.5) is 0 Å². The summed E-state index contributed by atoms with van der Waals surface area (Å²) in [4.78, 5) is 16.5. The summed E-state index contributed by atoms with van der Waals surface area (Å²) in [5.74, 6) is -0.285. The van der Waals surface area contributed by atoms with Gasteiger partial charge in [-0.05, 0) is 23.3 Å². The van der Waals surface area contributed by atoms with E-state index < -0.39 is 0 Å². The molecule has 126 valence electrons. The number of nitrogens with zero attached hydrogens (tertiary/aromatic N) is 2. The van der Waals surface area contributed by atoms with Gasteiger partial charge in [0.25, 0.3) is 0 Å². The van der Waals surface area contributed by atoms with Crippen LogP contribution >= 0.6 is 11.6 Å². The quantitative estimate of drug-likeness (QED) is 0.908. The van der Waals surface area contributed by atoms with Gasteiger partial charge in [-0.2, -0.15) is 0 Å². The third-order valence-electron chi connectivity index (χ3n) is 4.48. The van der Waals surface area contributed by atoms with Crippen molar-refractivity contribution < 1.29 is 4.79 Å². The first-order chi connectivity index (χ1) is 11.6. The highest BCUT2D eigenvalue weighted by Gasteiger charge is 2.28. The molecule has 3 rings (SSSR count). The van der Waals surface area contributed by atoms with Crippen molar-refractivity contribution in [1.29, 1.82) is 0 Å². The first kappa shape index (κ1) is 17.0. The molecule has 1 aliphatic rings. The van der Waals surface area contributed by atoms with Crippen molar-refractivity contribution in [3.63, 3.8) is 0 Å². The molecule has 0 radical (unpaired) electrons. The van der Waals surface area contributed by atoms with Gasteiger partial charge in [-0.15, -0.1) is 0 Å². The molecule has 4 nitrogen and oxygen atoms in total. The standard InChI is InChI=1S/C19H22ClN3O/c20-17-8-6-15(7-9-17)14-22-10-12-23(13-11-22)18(19(21)24)16-4-2-1-3-5-16/h1-9,18H,10-14H2,(H2,21,24). The van der Waals surface area contributed by atoms with Crippen molar-refractivity contribution in [3.8, 4) is 0 Å². The van der Waals surface area contributed by atoms with E-state index in [2.05, 4.69) is 21.9 Å². The number of hydrogen-bond acceptors (Lipinski definition) is 3. The molecule has 2 N–H and O–H groups in total. The highest BCUT2D eigenvalue weighted by molar-refractivity contribution is 6.30. The van der Waals surface area contributed by atoms with Crippen molar-refractivity contribution >= 4 is 17.5 Å². The molecule has 0 aromatic heterocycles. The van der Waals surface area contributed by atoms with Crippen molar-refractivity contribution in [3.05, 3.63) is 70.7 Å². The third kappa shape index (κ3) is 4.15. The molecular weight excluding hydrogens is 322 g/mol. The number of piperazine rings is 1. The van der Waals surface area contributed by atoms with Crippen LogP contribution in [-0.4, -0.2) is 41.9 Å². The maximum absolute atomic E-state index is 12.0. The van der Waals surface area contributed by atoms with Crippen molar-refractivity contribution in [2.75, 3.05) is 26.2 Å². The lowest BCUT2D eigenvalue weighted by Crippen LogP contribution is -2.49. The fourth-order valence-electron chi connectivity index (χ4n) is 3.22. The fraction of sp³-hybridized carbons (Fsp3) is 0.316. The van der Waals surface area contributed by atoms with Crippen LogP contribution in [0.5, 0.6) is 0 Å². The molecule has 1 unspecified atom stereocenters. The molecule has 2 aromatic carbocycles. The molecule has 1 saturated heterocycles. The fourth-order valence-corrected chi connectivity index (χ4v) is 3.34. The Labute approximate surface area is 147 Å². The molecule has 0 spiro atoms. The summed E-state index contributed by atoms with van der Waals surface area (Å²) in [7, 11) is 0. The van der Waals surface area contributed by atoms with E-state index in [0.717, 1.165) is 43.3 Å². The number of primary amides is 1. The zero-order chi connectivity index (χ0) is 16.9.